The number of piperidine rings is 1. The second-order valence-electron chi connectivity index (χ2n) is 6.89. The second-order valence-corrected chi connectivity index (χ2v) is 6.89. The summed E-state index contributed by atoms with van der Waals surface area (Å²) in [5, 5.41) is 14.9. The van der Waals surface area contributed by atoms with Crippen LogP contribution in [0.15, 0.2) is 36.7 Å². The van der Waals surface area contributed by atoms with E-state index in [1.165, 1.54) is 0 Å². The fourth-order valence-corrected chi connectivity index (χ4v) is 3.64. The van der Waals surface area contributed by atoms with Crippen LogP contribution in [0.3, 0.4) is 0 Å². The lowest BCUT2D eigenvalue weighted by molar-refractivity contribution is 0.0855. The highest BCUT2D eigenvalue weighted by atomic mass is 16.6. The summed E-state index contributed by atoms with van der Waals surface area (Å²) in [6.45, 7) is 4.85. The number of likely N-dealkylation sites (tertiary alicyclic amines) is 1. The zero-order chi connectivity index (χ0) is 17.1. The summed E-state index contributed by atoms with van der Waals surface area (Å²) in [6, 6.07) is 7.70. The van der Waals surface area contributed by atoms with Crippen LogP contribution >= 0.6 is 0 Å². The fourth-order valence-electron chi connectivity index (χ4n) is 3.64. The van der Waals surface area contributed by atoms with Crippen molar-refractivity contribution >= 4 is 0 Å². The molecule has 0 amide bonds. The largest absolute Gasteiger partial charge is 0.486 e. The van der Waals surface area contributed by atoms with Crippen LogP contribution in [0.5, 0.6) is 11.5 Å². The molecule has 1 aromatic heterocycles. The van der Waals surface area contributed by atoms with Gasteiger partial charge in [0, 0.05) is 25.5 Å². The minimum Gasteiger partial charge on any atom is -0.486 e. The lowest BCUT2D eigenvalue weighted by Crippen LogP contribution is -2.37. The molecule has 4 rings (SSSR count). The topological polar surface area (TPSA) is 59.8 Å². The zero-order valence-corrected chi connectivity index (χ0v) is 14.4. The minimum atomic E-state index is -0.501. The maximum atomic E-state index is 10.6. The van der Waals surface area contributed by atoms with Crippen molar-refractivity contribution in [3.63, 3.8) is 0 Å². The Morgan fingerprint density at radius 3 is 2.72 bits per heavy atom. The van der Waals surface area contributed by atoms with Crippen LogP contribution < -0.4 is 9.47 Å². The Morgan fingerprint density at radius 1 is 1.16 bits per heavy atom. The first-order valence-corrected chi connectivity index (χ1v) is 9.05. The van der Waals surface area contributed by atoms with Gasteiger partial charge >= 0.3 is 0 Å². The molecular weight excluding hydrogens is 318 g/mol. The SMILES string of the molecule is O[C@H](CN1CCC(Cn2cccn2)CC1)c1ccc2c(c1)OCCO2. The summed E-state index contributed by atoms with van der Waals surface area (Å²) in [4.78, 5) is 2.35. The number of nitrogens with zero attached hydrogens (tertiary/aromatic N) is 3. The van der Waals surface area contributed by atoms with Gasteiger partial charge in [-0.1, -0.05) is 6.07 Å². The van der Waals surface area contributed by atoms with Gasteiger partial charge in [0.25, 0.3) is 0 Å². The summed E-state index contributed by atoms with van der Waals surface area (Å²) in [5.74, 6) is 2.17. The number of aliphatic hydroxyl groups excluding tert-OH is 1. The molecule has 3 heterocycles. The van der Waals surface area contributed by atoms with Crippen molar-refractivity contribution in [2.75, 3.05) is 32.8 Å². The highest BCUT2D eigenvalue weighted by molar-refractivity contribution is 5.44. The first-order chi connectivity index (χ1) is 12.3. The van der Waals surface area contributed by atoms with Gasteiger partial charge in [0.1, 0.15) is 13.2 Å². The molecule has 0 unspecified atom stereocenters. The number of benzene rings is 1. The van der Waals surface area contributed by atoms with E-state index in [1.54, 1.807) is 0 Å². The van der Waals surface area contributed by atoms with Crippen molar-refractivity contribution < 1.29 is 14.6 Å². The van der Waals surface area contributed by atoms with E-state index in [-0.39, 0.29) is 0 Å². The van der Waals surface area contributed by atoms with E-state index in [0.29, 0.717) is 25.7 Å². The van der Waals surface area contributed by atoms with E-state index in [9.17, 15) is 5.11 Å². The van der Waals surface area contributed by atoms with Gasteiger partial charge in [0.2, 0.25) is 0 Å². The van der Waals surface area contributed by atoms with Crippen molar-refractivity contribution in [3.05, 3.63) is 42.2 Å². The summed E-state index contributed by atoms with van der Waals surface area (Å²) in [7, 11) is 0. The van der Waals surface area contributed by atoms with Gasteiger partial charge in [-0.15, -0.1) is 0 Å². The molecule has 2 aromatic rings. The molecule has 2 aliphatic heterocycles. The molecule has 6 heteroatoms. The molecule has 1 aromatic carbocycles. The van der Waals surface area contributed by atoms with Crippen molar-refractivity contribution in [3.8, 4) is 11.5 Å². The summed E-state index contributed by atoms with van der Waals surface area (Å²) >= 11 is 0. The summed E-state index contributed by atoms with van der Waals surface area (Å²) in [5.41, 5.74) is 0.892. The zero-order valence-electron chi connectivity index (χ0n) is 14.4. The Hall–Kier alpha value is -2.05. The van der Waals surface area contributed by atoms with Crippen LogP contribution in [0, 0.1) is 5.92 Å². The number of fused-ring (bicyclic) bond motifs is 1. The van der Waals surface area contributed by atoms with Crippen molar-refractivity contribution in [2.45, 2.75) is 25.5 Å². The molecule has 1 N–H and O–H groups in total. The van der Waals surface area contributed by atoms with E-state index in [0.717, 1.165) is 49.5 Å². The van der Waals surface area contributed by atoms with Crippen molar-refractivity contribution in [1.82, 2.24) is 14.7 Å². The van der Waals surface area contributed by atoms with Gasteiger partial charge in [-0.2, -0.15) is 5.10 Å². The number of aliphatic hydroxyl groups is 1. The quantitative estimate of drug-likeness (QED) is 0.901. The molecule has 0 spiro atoms. The number of ether oxygens (including phenoxy) is 2. The Bertz CT molecular complexity index is 681. The lowest BCUT2D eigenvalue weighted by Gasteiger charge is -2.33. The Labute approximate surface area is 148 Å². The molecule has 0 radical (unpaired) electrons. The van der Waals surface area contributed by atoms with E-state index in [4.69, 9.17) is 9.47 Å². The predicted molar refractivity (Wildman–Crippen MR) is 93.8 cm³/mol. The van der Waals surface area contributed by atoms with E-state index in [2.05, 4.69) is 10.00 Å². The molecule has 25 heavy (non-hydrogen) atoms. The van der Waals surface area contributed by atoms with Gasteiger partial charge in [0.15, 0.2) is 11.5 Å². The third kappa shape index (κ3) is 3.96. The highest BCUT2D eigenvalue weighted by Gasteiger charge is 2.23. The predicted octanol–water partition coefficient (Wildman–Crippen LogP) is 2.10. The fraction of sp³-hybridized carbons (Fsp3) is 0.526. The maximum Gasteiger partial charge on any atom is 0.161 e. The van der Waals surface area contributed by atoms with Crippen molar-refractivity contribution in [2.24, 2.45) is 5.92 Å². The summed E-state index contributed by atoms with van der Waals surface area (Å²) < 4.78 is 13.2. The van der Waals surface area contributed by atoms with Crippen LogP contribution in [0.2, 0.25) is 0 Å². The normalized spacial score (nSPS) is 19.7. The van der Waals surface area contributed by atoms with Gasteiger partial charge < -0.3 is 19.5 Å². The molecule has 6 nitrogen and oxygen atoms in total. The Kier molecular flexibility index (Phi) is 4.90. The van der Waals surface area contributed by atoms with E-state index in [1.807, 2.05) is 41.3 Å². The second kappa shape index (κ2) is 7.45. The van der Waals surface area contributed by atoms with Crippen LogP contribution in [-0.2, 0) is 6.54 Å². The molecule has 0 saturated carbocycles. The number of hydrogen-bond acceptors (Lipinski definition) is 5. The highest BCUT2D eigenvalue weighted by Crippen LogP contribution is 2.33. The molecule has 1 saturated heterocycles. The standard InChI is InChI=1S/C19H25N3O3/c23-17(16-2-3-18-19(12-16)25-11-10-24-18)14-21-8-4-15(5-9-21)13-22-7-1-6-20-22/h1-3,6-7,12,15,17,23H,4-5,8-11,13-14H2/t17-/m1/s1. The molecule has 134 valence electrons. The smallest absolute Gasteiger partial charge is 0.161 e. The first kappa shape index (κ1) is 16.4. The molecule has 2 aliphatic rings. The summed E-state index contributed by atoms with van der Waals surface area (Å²) in [6.07, 6.45) is 5.65. The third-order valence-corrected chi connectivity index (χ3v) is 5.09. The van der Waals surface area contributed by atoms with Crippen LogP contribution in [0.25, 0.3) is 0 Å². The van der Waals surface area contributed by atoms with Gasteiger partial charge in [-0.3, -0.25) is 4.68 Å². The Balaban J connectivity index is 1.29. The van der Waals surface area contributed by atoms with Crippen molar-refractivity contribution in [1.29, 1.82) is 0 Å². The van der Waals surface area contributed by atoms with E-state index < -0.39 is 6.10 Å². The van der Waals surface area contributed by atoms with Crippen LogP contribution in [-0.4, -0.2) is 52.6 Å². The maximum absolute atomic E-state index is 10.6. The van der Waals surface area contributed by atoms with E-state index >= 15 is 0 Å². The number of aromatic nitrogens is 2. The Morgan fingerprint density at radius 2 is 1.96 bits per heavy atom. The number of hydrogen-bond donors (Lipinski definition) is 1. The third-order valence-electron chi connectivity index (χ3n) is 5.09. The number of β-amino-alcohol motifs (C(OH)–C–C–N with tert-alkyl or cyclic N) is 1. The van der Waals surface area contributed by atoms with Crippen LogP contribution in [0.4, 0.5) is 0 Å². The van der Waals surface area contributed by atoms with Crippen LogP contribution in [0.1, 0.15) is 24.5 Å². The lowest BCUT2D eigenvalue weighted by atomic mass is 9.96. The average Bonchev–Trinajstić information content (AvgIpc) is 3.16. The molecular formula is C19H25N3O3. The van der Waals surface area contributed by atoms with Gasteiger partial charge in [0.05, 0.1) is 6.10 Å². The molecule has 1 fully saturated rings. The molecule has 1 atom stereocenters. The first-order valence-electron chi connectivity index (χ1n) is 9.05. The average molecular weight is 343 g/mol. The minimum absolute atomic E-state index is 0.501. The monoisotopic (exact) mass is 343 g/mol. The van der Waals surface area contributed by atoms with Gasteiger partial charge in [-0.25, -0.2) is 0 Å². The molecule has 0 bridgehead atoms. The molecule has 0 aliphatic carbocycles. The number of rotatable bonds is 5. The van der Waals surface area contributed by atoms with Gasteiger partial charge in [-0.05, 0) is 55.6 Å².